The zero-order chi connectivity index (χ0) is 9.40. The second-order valence-corrected chi connectivity index (χ2v) is 2.96. The number of rotatable bonds is 0. The summed E-state index contributed by atoms with van der Waals surface area (Å²) in [6, 6.07) is 2.30. The molecule has 0 unspecified atom stereocenters. The number of carbonyl (C=O) groups is 1. The third-order valence-corrected chi connectivity index (χ3v) is 1.79. The molecule has 0 aromatic carbocycles. The monoisotopic (exact) mass is 207 g/mol. The fraction of sp³-hybridized carbons (Fsp3) is 0.778. The SMILES string of the molecule is CC(=O)[O-].N#CC1CCCCC1.[K+]. The van der Waals surface area contributed by atoms with E-state index in [0.29, 0.717) is 5.92 Å². The Bertz CT molecular complexity index is 167. The summed E-state index contributed by atoms with van der Waals surface area (Å²) < 4.78 is 0. The molecule has 0 saturated heterocycles. The number of nitrogens with zero attached hydrogens (tertiary/aromatic N) is 1. The van der Waals surface area contributed by atoms with Crippen LogP contribution in [0, 0.1) is 17.2 Å². The second-order valence-electron chi connectivity index (χ2n) is 2.96. The van der Waals surface area contributed by atoms with Gasteiger partial charge in [0.2, 0.25) is 0 Å². The van der Waals surface area contributed by atoms with E-state index in [4.69, 9.17) is 15.2 Å². The average molecular weight is 207 g/mol. The minimum atomic E-state index is -1.08. The van der Waals surface area contributed by atoms with Crippen molar-refractivity contribution in [3.63, 3.8) is 0 Å². The van der Waals surface area contributed by atoms with Crippen LogP contribution in [-0.4, -0.2) is 5.97 Å². The van der Waals surface area contributed by atoms with Crippen LogP contribution in [0.3, 0.4) is 0 Å². The molecular weight excluding hydrogens is 193 g/mol. The topological polar surface area (TPSA) is 63.9 Å². The molecule has 1 aliphatic rings. The Kier molecular flexibility index (Phi) is 13.2. The molecule has 1 fully saturated rings. The van der Waals surface area contributed by atoms with E-state index in [1.807, 2.05) is 0 Å². The minimum absolute atomic E-state index is 0. The maximum atomic E-state index is 8.89. The molecule has 68 valence electrons. The van der Waals surface area contributed by atoms with Gasteiger partial charge < -0.3 is 9.90 Å². The van der Waals surface area contributed by atoms with Gasteiger partial charge in [-0.1, -0.05) is 19.3 Å². The number of carboxylic acids is 1. The maximum absolute atomic E-state index is 8.89. The first kappa shape index (κ1) is 16.0. The van der Waals surface area contributed by atoms with Gasteiger partial charge in [-0.15, -0.1) is 0 Å². The molecule has 1 rings (SSSR count). The van der Waals surface area contributed by atoms with Crippen molar-refractivity contribution < 1.29 is 61.3 Å². The van der Waals surface area contributed by atoms with Crippen molar-refractivity contribution in [2.24, 2.45) is 5.92 Å². The fourth-order valence-corrected chi connectivity index (χ4v) is 1.23. The number of aliphatic carboxylic acids is 1. The summed E-state index contributed by atoms with van der Waals surface area (Å²) in [5, 5.41) is 17.3. The van der Waals surface area contributed by atoms with Crippen LogP contribution in [0.1, 0.15) is 39.0 Å². The van der Waals surface area contributed by atoms with E-state index in [2.05, 4.69) is 6.07 Å². The molecule has 1 saturated carbocycles. The summed E-state index contributed by atoms with van der Waals surface area (Å²) in [7, 11) is 0. The molecule has 0 radical (unpaired) electrons. The first-order chi connectivity index (χ1) is 5.66. The van der Waals surface area contributed by atoms with Gasteiger partial charge in [-0.05, 0) is 19.8 Å². The number of carboxylic acid groups (broad SMARTS) is 1. The number of hydrogen-bond donors (Lipinski definition) is 0. The predicted octanol–water partition coefficient (Wildman–Crippen LogP) is -2.15. The summed E-state index contributed by atoms with van der Waals surface area (Å²) in [5.74, 6) is -0.691. The quantitative estimate of drug-likeness (QED) is 0.425. The Hall–Kier alpha value is 0.596. The Balaban J connectivity index is 0. The van der Waals surface area contributed by atoms with Crippen LogP contribution in [0.4, 0.5) is 0 Å². The van der Waals surface area contributed by atoms with Gasteiger partial charge in [-0.25, -0.2) is 0 Å². The van der Waals surface area contributed by atoms with Crippen molar-refractivity contribution in [2.75, 3.05) is 0 Å². The van der Waals surface area contributed by atoms with E-state index < -0.39 is 5.97 Å². The molecule has 0 N–H and O–H groups in total. The molecule has 0 aromatic rings. The van der Waals surface area contributed by atoms with Gasteiger partial charge in [0.1, 0.15) is 0 Å². The molecule has 0 aromatic heterocycles. The molecule has 4 heteroatoms. The van der Waals surface area contributed by atoms with Crippen molar-refractivity contribution >= 4 is 5.97 Å². The smallest absolute Gasteiger partial charge is 0.550 e. The summed E-state index contributed by atoms with van der Waals surface area (Å²) in [6.07, 6.45) is 6.20. The Labute approximate surface area is 122 Å². The standard InChI is InChI=1S/C7H11N.C2H4O2.K/c8-6-7-4-2-1-3-5-7;1-2(3)4;/h7H,1-5H2;1H3,(H,3,4);/q;;+1/p-1. The summed E-state index contributed by atoms with van der Waals surface area (Å²) in [4.78, 5) is 8.89. The molecule has 0 amide bonds. The third kappa shape index (κ3) is 12.6. The van der Waals surface area contributed by atoms with Crippen molar-refractivity contribution in [1.82, 2.24) is 0 Å². The Morgan fingerprint density at radius 3 is 2.00 bits per heavy atom. The van der Waals surface area contributed by atoms with Gasteiger partial charge in [0.05, 0.1) is 6.07 Å². The maximum Gasteiger partial charge on any atom is 1.00 e. The van der Waals surface area contributed by atoms with E-state index >= 15 is 0 Å². The van der Waals surface area contributed by atoms with Crippen LogP contribution in [-0.2, 0) is 4.79 Å². The van der Waals surface area contributed by atoms with Crippen LogP contribution >= 0.6 is 0 Å². The molecule has 1 aliphatic carbocycles. The number of nitriles is 1. The van der Waals surface area contributed by atoms with Crippen molar-refractivity contribution in [1.29, 1.82) is 5.26 Å². The largest absolute Gasteiger partial charge is 1.00 e. The van der Waals surface area contributed by atoms with Gasteiger partial charge in [0.25, 0.3) is 0 Å². The normalized spacial score (nSPS) is 15.7. The average Bonchev–Trinajstić information content (AvgIpc) is 2.05. The first-order valence-electron chi connectivity index (χ1n) is 4.24. The fourth-order valence-electron chi connectivity index (χ4n) is 1.23. The van der Waals surface area contributed by atoms with Crippen LogP contribution in [0.2, 0.25) is 0 Å². The van der Waals surface area contributed by atoms with Gasteiger partial charge in [0.15, 0.2) is 0 Å². The zero-order valence-electron chi connectivity index (χ0n) is 8.38. The van der Waals surface area contributed by atoms with Crippen LogP contribution in [0.5, 0.6) is 0 Å². The Morgan fingerprint density at radius 2 is 1.77 bits per heavy atom. The van der Waals surface area contributed by atoms with E-state index in [9.17, 15) is 0 Å². The van der Waals surface area contributed by atoms with Crippen molar-refractivity contribution in [3.8, 4) is 6.07 Å². The zero-order valence-corrected chi connectivity index (χ0v) is 11.5. The van der Waals surface area contributed by atoms with Crippen molar-refractivity contribution in [3.05, 3.63) is 0 Å². The number of hydrogen-bond acceptors (Lipinski definition) is 3. The summed E-state index contributed by atoms with van der Waals surface area (Å²) in [6.45, 7) is 0.972. The van der Waals surface area contributed by atoms with E-state index in [-0.39, 0.29) is 51.4 Å². The summed E-state index contributed by atoms with van der Waals surface area (Å²) >= 11 is 0. The Morgan fingerprint density at radius 1 is 1.38 bits per heavy atom. The molecule has 0 spiro atoms. The van der Waals surface area contributed by atoms with E-state index in [1.54, 1.807) is 0 Å². The van der Waals surface area contributed by atoms with Gasteiger partial charge >= 0.3 is 51.4 Å². The van der Waals surface area contributed by atoms with E-state index in [1.165, 1.54) is 19.3 Å². The molecular formula is C9H14KNO2. The molecule has 0 bridgehead atoms. The third-order valence-electron chi connectivity index (χ3n) is 1.79. The van der Waals surface area contributed by atoms with Crippen LogP contribution < -0.4 is 56.5 Å². The summed E-state index contributed by atoms with van der Waals surface area (Å²) in [5.41, 5.74) is 0. The van der Waals surface area contributed by atoms with Crippen LogP contribution in [0.15, 0.2) is 0 Å². The van der Waals surface area contributed by atoms with Crippen LogP contribution in [0.25, 0.3) is 0 Å². The molecule has 3 nitrogen and oxygen atoms in total. The van der Waals surface area contributed by atoms with Crippen molar-refractivity contribution in [2.45, 2.75) is 39.0 Å². The molecule has 13 heavy (non-hydrogen) atoms. The second kappa shape index (κ2) is 10.7. The number of carbonyl (C=O) groups excluding carboxylic acids is 1. The first-order valence-corrected chi connectivity index (χ1v) is 4.24. The molecule has 0 heterocycles. The molecule has 0 aliphatic heterocycles. The van der Waals surface area contributed by atoms with Gasteiger partial charge in [0, 0.05) is 11.9 Å². The van der Waals surface area contributed by atoms with E-state index in [0.717, 1.165) is 19.8 Å². The predicted molar refractivity (Wildman–Crippen MR) is 42.9 cm³/mol. The van der Waals surface area contributed by atoms with Gasteiger partial charge in [-0.3, -0.25) is 0 Å². The molecule has 0 atom stereocenters. The van der Waals surface area contributed by atoms with Gasteiger partial charge in [-0.2, -0.15) is 5.26 Å². The minimum Gasteiger partial charge on any atom is -0.550 e.